The number of ether oxygens (including phenoxy) is 4. The summed E-state index contributed by atoms with van der Waals surface area (Å²) in [7, 11) is 2.64. The van der Waals surface area contributed by atoms with Crippen molar-refractivity contribution >= 4 is 35.1 Å². The molecule has 2 aromatic rings. The molecular weight excluding hydrogens is 700 g/mol. The van der Waals surface area contributed by atoms with Crippen molar-refractivity contribution in [1.82, 2.24) is 9.80 Å². The molecule has 0 radical (unpaired) electrons. The number of carbonyl (C=O) groups excluding carboxylic acids is 2. The van der Waals surface area contributed by atoms with Gasteiger partial charge in [0.25, 0.3) is 23.2 Å². The Morgan fingerprint density at radius 3 is 1.36 bits per heavy atom. The van der Waals surface area contributed by atoms with Gasteiger partial charge in [-0.15, -0.1) is 0 Å². The topological polar surface area (TPSA) is 238 Å². The molecule has 0 bridgehead atoms. The molecule has 53 heavy (non-hydrogen) atoms. The summed E-state index contributed by atoms with van der Waals surface area (Å²) in [5.74, 6) is -3.63. The molecule has 2 spiro atoms. The Labute approximate surface area is 302 Å². The van der Waals surface area contributed by atoms with E-state index in [4.69, 9.17) is 18.9 Å². The molecule has 4 fully saturated rings. The van der Waals surface area contributed by atoms with E-state index >= 15 is 0 Å². The molecule has 18 nitrogen and oxygen atoms in total. The molecule has 2 atom stereocenters. The Balaban J connectivity index is 1.05. The molecule has 2 aliphatic carbocycles. The number of aliphatic carboxylic acids is 2. The average Bonchev–Trinajstić information content (AvgIpc) is 3.98. The van der Waals surface area contributed by atoms with Crippen molar-refractivity contribution in [2.24, 2.45) is 10.8 Å². The van der Waals surface area contributed by atoms with Crippen molar-refractivity contribution in [1.29, 1.82) is 0 Å². The van der Waals surface area contributed by atoms with Crippen LogP contribution in [0.5, 0.6) is 23.0 Å². The molecule has 2 aliphatic heterocycles. The highest BCUT2D eigenvalue weighted by Gasteiger charge is 2.57. The maximum atomic E-state index is 13.5. The van der Waals surface area contributed by atoms with Gasteiger partial charge in [0.2, 0.25) is 0 Å². The van der Waals surface area contributed by atoms with Gasteiger partial charge in [0.05, 0.1) is 49.4 Å². The van der Waals surface area contributed by atoms with Gasteiger partial charge in [-0.3, -0.25) is 29.8 Å². The van der Waals surface area contributed by atoms with Gasteiger partial charge in [-0.05, 0) is 68.6 Å². The Morgan fingerprint density at radius 1 is 0.679 bits per heavy atom. The summed E-state index contributed by atoms with van der Waals surface area (Å²) in [5, 5.41) is 43.4. The zero-order chi connectivity index (χ0) is 38.2. The van der Waals surface area contributed by atoms with E-state index in [9.17, 15) is 49.6 Å². The highest BCUT2D eigenvalue weighted by molar-refractivity contribution is 6.02. The molecule has 6 rings (SSSR count). The Kier molecular flexibility index (Phi) is 10.1. The number of unbranched alkanes of at least 4 members (excludes halogenated alkanes) is 2. The molecule has 284 valence electrons. The minimum absolute atomic E-state index is 0.0319. The van der Waals surface area contributed by atoms with Crippen molar-refractivity contribution in [3.63, 3.8) is 0 Å². The van der Waals surface area contributed by atoms with E-state index in [2.05, 4.69) is 0 Å². The monoisotopic (exact) mass is 740 g/mol. The lowest BCUT2D eigenvalue weighted by Gasteiger charge is -2.22. The van der Waals surface area contributed by atoms with E-state index in [0.717, 1.165) is 37.8 Å². The second kappa shape index (κ2) is 14.4. The number of carboxylic acid groups (broad SMARTS) is 2. The van der Waals surface area contributed by atoms with E-state index in [0.29, 0.717) is 32.1 Å². The number of rotatable bonds is 16. The van der Waals surface area contributed by atoms with Crippen molar-refractivity contribution in [2.45, 2.75) is 69.9 Å². The first-order chi connectivity index (χ1) is 25.2. The van der Waals surface area contributed by atoms with Gasteiger partial charge >= 0.3 is 11.9 Å². The summed E-state index contributed by atoms with van der Waals surface area (Å²) >= 11 is 0. The minimum Gasteiger partial charge on any atom is -0.493 e. The van der Waals surface area contributed by atoms with Crippen LogP contribution in [0, 0.1) is 31.1 Å². The third-order valence-electron chi connectivity index (χ3n) is 10.7. The number of hydrogen-bond donors (Lipinski definition) is 2. The number of amides is 2. The summed E-state index contributed by atoms with van der Waals surface area (Å²) in [6, 6.07) is 2.45. The second-order valence-corrected chi connectivity index (χ2v) is 14.3. The Morgan fingerprint density at radius 2 is 1.06 bits per heavy atom. The predicted octanol–water partition coefficient (Wildman–Crippen LogP) is 4.31. The smallest absolute Gasteiger partial charge is 0.326 e. The second-order valence-electron chi connectivity index (χ2n) is 14.3. The van der Waals surface area contributed by atoms with Gasteiger partial charge in [0.1, 0.15) is 23.2 Å². The zero-order valence-corrected chi connectivity index (χ0v) is 29.2. The van der Waals surface area contributed by atoms with E-state index in [-0.39, 0.29) is 71.3 Å². The first-order valence-corrected chi connectivity index (χ1v) is 17.3. The van der Waals surface area contributed by atoms with Crippen LogP contribution >= 0.6 is 0 Å². The molecule has 2 saturated carbocycles. The minimum atomic E-state index is -1.16. The fourth-order valence-corrected chi connectivity index (χ4v) is 7.40. The van der Waals surface area contributed by atoms with Crippen molar-refractivity contribution in [3.05, 3.63) is 55.6 Å². The van der Waals surface area contributed by atoms with Gasteiger partial charge in [0, 0.05) is 25.2 Å². The van der Waals surface area contributed by atoms with E-state index in [1.807, 2.05) is 0 Å². The van der Waals surface area contributed by atoms with E-state index in [1.54, 1.807) is 0 Å². The summed E-state index contributed by atoms with van der Waals surface area (Å²) in [5.41, 5.74) is -2.15. The van der Waals surface area contributed by atoms with Crippen molar-refractivity contribution in [3.8, 4) is 23.0 Å². The summed E-state index contributed by atoms with van der Waals surface area (Å²) < 4.78 is 22.3. The Bertz CT molecular complexity index is 1720. The van der Waals surface area contributed by atoms with Crippen LogP contribution in [0.15, 0.2) is 24.3 Å². The SMILES string of the molecule is COc1cc(C(=O)N2CC3(CC3)C[C@H]2C(=O)O)c([N+](=O)[O-])cc1OCCCCCOc1cc([N+](=O)[O-])c(C(=O)N2CC3(CC3)C[C@H]2C(=O)O)cc1OC. The maximum Gasteiger partial charge on any atom is 0.326 e. The molecule has 2 N–H and O–H groups in total. The highest BCUT2D eigenvalue weighted by atomic mass is 16.6. The number of nitro benzene ring substituents is 2. The highest BCUT2D eigenvalue weighted by Crippen LogP contribution is 2.56. The Hall–Kier alpha value is -5.68. The van der Waals surface area contributed by atoms with Crippen LogP contribution in [0.4, 0.5) is 11.4 Å². The molecular formula is C35H40N4O14. The third-order valence-corrected chi connectivity index (χ3v) is 10.7. The lowest BCUT2D eigenvalue weighted by atomic mass is 10.0. The number of methoxy groups -OCH3 is 2. The fraction of sp³-hybridized carbons (Fsp3) is 0.543. The van der Waals surface area contributed by atoms with Gasteiger partial charge in [-0.25, -0.2) is 9.59 Å². The maximum absolute atomic E-state index is 13.5. The number of hydrogen-bond acceptors (Lipinski definition) is 12. The predicted molar refractivity (Wildman–Crippen MR) is 182 cm³/mol. The van der Waals surface area contributed by atoms with Crippen LogP contribution < -0.4 is 18.9 Å². The number of nitro groups is 2. The summed E-state index contributed by atoms with van der Waals surface area (Å²) in [6.07, 6.45) is 5.28. The van der Waals surface area contributed by atoms with Gasteiger partial charge in [-0.2, -0.15) is 0 Å². The van der Waals surface area contributed by atoms with Crippen LogP contribution in [0.3, 0.4) is 0 Å². The van der Waals surface area contributed by atoms with Crippen LogP contribution in [-0.4, -0.2) is 106 Å². The number of carboxylic acids is 2. The molecule has 18 heteroatoms. The number of benzene rings is 2. The largest absolute Gasteiger partial charge is 0.493 e. The standard InChI is InChI=1S/C35H40N4O14/c1-50-26-12-20(30(40)36-18-34(6-7-34)16-24(36)32(42)43)22(38(46)47)14-28(26)52-10-4-3-5-11-53-29-15-23(39(48)49)21(13-27(29)51-2)31(41)37-19-35(8-9-35)17-25(37)33(44)45/h12-15,24-25H,3-11,16-19H2,1-2H3,(H,42,43)(H,44,45)/t24-,25-/m0/s1. The zero-order valence-electron chi connectivity index (χ0n) is 29.2. The van der Waals surface area contributed by atoms with E-state index < -0.39 is 57.1 Å². The average molecular weight is 741 g/mol. The molecule has 2 heterocycles. The number of likely N-dealkylation sites (tertiary alicyclic amines) is 2. The van der Waals surface area contributed by atoms with Gasteiger partial charge in [-0.1, -0.05) is 0 Å². The molecule has 2 saturated heterocycles. The van der Waals surface area contributed by atoms with Crippen LogP contribution in [0.25, 0.3) is 0 Å². The number of carbonyl (C=O) groups is 4. The normalized spacial score (nSPS) is 20.3. The first-order valence-electron chi connectivity index (χ1n) is 17.3. The van der Waals surface area contributed by atoms with Crippen LogP contribution in [-0.2, 0) is 9.59 Å². The molecule has 2 amide bonds. The van der Waals surface area contributed by atoms with Gasteiger partial charge < -0.3 is 39.0 Å². The third kappa shape index (κ3) is 7.48. The summed E-state index contributed by atoms with van der Waals surface area (Å²) in [6.45, 7) is 0.648. The van der Waals surface area contributed by atoms with E-state index in [1.165, 1.54) is 36.2 Å². The van der Waals surface area contributed by atoms with Crippen molar-refractivity contribution in [2.75, 3.05) is 40.5 Å². The molecule has 0 aromatic heterocycles. The number of nitrogens with zero attached hydrogens (tertiary/aromatic N) is 4. The van der Waals surface area contributed by atoms with Crippen LogP contribution in [0.2, 0.25) is 0 Å². The first kappa shape index (κ1) is 37.1. The molecule has 2 aromatic carbocycles. The van der Waals surface area contributed by atoms with Gasteiger partial charge in [0.15, 0.2) is 23.0 Å². The van der Waals surface area contributed by atoms with Crippen molar-refractivity contribution < 1.29 is 58.2 Å². The quantitative estimate of drug-likeness (QED) is 0.139. The molecule has 0 unspecified atom stereocenters. The lowest BCUT2D eigenvalue weighted by molar-refractivity contribution is -0.385. The summed E-state index contributed by atoms with van der Waals surface area (Å²) in [4.78, 5) is 75.7. The molecule has 4 aliphatic rings. The van der Waals surface area contributed by atoms with Crippen LogP contribution in [0.1, 0.15) is 78.5 Å². The lowest BCUT2D eigenvalue weighted by Crippen LogP contribution is -2.40. The fourth-order valence-electron chi connectivity index (χ4n) is 7.40.